The highest BCUT2D eigenvalue weighted by atomic mass is 15.1. The van der Waals surface area contributed by atoms with E-state index >= 15 is 0 Å². The van der Waals surface area contributed by atoms with Crippen molar-refractivity contribution in [3.8, 4) is 11.4 Å². The Labute approximate surface area is 211 Å². The maximum atomic E-state index is 5.84. The van der Waals surface area contributed by atoms with Crippen LogP contribution in [0.5, 0.6) is 0 Å². The first kappa shape index (κ1) is 29.9. The largest absolute Gasteiger partial charge is 0.403 e. The molecule has 0 amide bonds. The summed E-state index contributed by atoms with van der Waals surface area (Å²) in [7, 11) is 3.75. The molecule has 1 aliphatic rings. The van der Waals surface area contributed by atoms with Gasteiger partial charge in [0.25, 0.3) is 0 Å². The van der Waals surface area contributed by atoms with Crippen LogP contribution in [0.4, 0.5) is 0 Å². The molecule has 2 aromatic heterocycles. The number of hydrazone groups is 1. The van der Waals surface area contributed by atoms with E-state index in [9.17, 15) is 0 Å². The summed E-state index contributed by atoms with van der Waals surface area (Å²) >= 11 is 0. The molecule has 0 bridgehead atoms. The van der Waals surface area contributed by atoms with Crippen molar-refractivity contribution >= 4 is 22.8 Å². The Bertz CT molecular complexity index is 1040. The first-order valence-electron chi connectivity index (χ1n) is 12.6. The van der Waals surface area contributed by atoms with Crippen LogP contribution in [0.3, 0.4) is 0 Å². The van der Waals surface area contributed by atoms with E-state index in [0.29, 0.717) is 12.5 Å². The lowest BCUT2D eigenvalue weighted by Gasteiger charge is -2.20. The summed E-state index contributed by atoms with van der Waals surface area (Å²) in [5, 5.41) is 7.65. The molecule has 0 saturated heterocycles. The molecule has 0 spiro atoms. The van der Waals surface area contributed by atoms with Crippen molar-refractivity contribution in [1.29, 1.82) is 0 Å². The Hall–Kier alpha value is -3.10. The SMILES string of the molecule is C/C(=N\N)C1CCCCC1.CC.CNC.Cc1cccc2cc(-c3ncn(/C=C\N)c3CN)[nH]c12. The number of nitrogens with two attached hydrogens (primary N) is 3. The van der Waals surface area contributed by atoms with Crippen molar-refractivity contribution < 1.29 is 0 Å². The van der Waals surface area contributed by atoms with Gasteiger partial charge in [0.15, 0.2) is 0 Å². The predicted molar refractivity (Wildman–Crippen MR) is 152 cm³/mol. The first-order chi connectivity index (χ1) is 17.0. The number of para-hydroxylation sites is 1. The van der Waals surface area contributed by atoms with Gasteiger partial charge in [-0.1, -0.05) is 51.3 Å². The quantitative estimate of drug-likeness (QED) is 0.204. The zero-order chi connectivity index (χ0) is 26.2. The third-order valence-electron chi connectivity index (χ3n) is 5.86. The second-order valence-corrected chi connectivity index (χ2v) is 8.32. The summed E-state index contributed by atoms with van der Waals surface area (Å²) in [4.78, 5) is 7.87. The van der Waals surface area contributed by atoms with Gasteiger partial charge in [-0.2, -0.15) is 5.10 Å². The molecule has 1 aromatic carbocycles. The molecule has 2 heterocycles. The number of nitrogens with one attached hydrogen (secondary N) is 2. The molecule has 35 heavy (non-hydrogen) atoms. The van der Waals surface area contributed by atoms with Gasteiger partial charge in [-0.15, -0.1) is 0 Å². The lowest BCUT2D eigenvalue weighted by Crippen LogP contribution is -2.16. The van der Waals surface area contributed by atoms with Gasteiger partial charge in [-0.05, 0) is 58.3 Å². The zero-order valence-corrected chi connectivity index (χ0v) is 22.4. The van der Waals surface area contributed by atoms with Crippen LogP contribution in [-0.2, 0) is 6.54 Å². The molecule has 0 atom stereocenters. The molecule has 1 aliphatic carbocycles. The summed E-state index contributed by atoms with van der Waals surface area (Å²) in [6, 6.07) is 8.32. The lowest BCUT2D eigenvalue weighted by molar-refractivity contribution is 0.437. The maximum absolute atomic E-state index is 5.84. The first-order valence-corrected chi connectivity index (χ1v) is 12.6. The molecule has 8 N–H and O–H groups in total. The number of rotatable bonds is 4. The van der Waals surface area contributed by atoms with Gasteiger partial charge in [-0.3, -0.25) is 0 Å². The molecule has 3 aromatic rings. The number of aromatic nitrogens is 3. The molecule has 8 nitrogen and oxygen atoms in total. The van der Waals surface area contributed by atoms with Crippen molar-refractivity contribution in [2.24, 2.45) is 28.3 Å². The van der Waals surface area contributed by atoms with Crippen LogP contribution in [0.25, 0.3) is 28.5 Å². The van der Waals surface area contributed by atoms with E-state index in [-0.39, 0.29) is 0 Å². The van der Waals surface area contributed by atoms with Crippen LogP contribution in [0.1, 0.15) is 64.1 Å². The fourth-order valence-electron chi connectivity index (χ4n) is 4.10. The zero-order valence-electron chi connectivity index (χ0n) is 22.4. The molecule has 4 rings (SSSR count). The van der Waals surface area contributed by atoms with E-state index in [1.807, 2.05) is 39.4 Å². The second-order valence-electron chi connectivity index (χ2n) is 8.32. The van der Waals surface area contributed by atoms with E-state index in [2.05, 4.69) is 51.6 Å². The smallest absolute Gasteiger partial charge is 0.109 e. The highest BCUT2D eigenvalue weighted by Gasteiger charge is 2.15. The molecule has 0 unspecified atom stereocenters. The van der Waals surface area contributed by atoms with E-state index in [1.165, 1.54) is 49.3 Å². The summed E-state index contributed by atoms with van der Waals surface area (Å²) in [5.41, 5.74) is 17.5. The van der Waals surface area contributed by atoms with E-state index in [4.69, 9.17) is 17.3 Å². The van der Waals surface area contributed by atoms with Gasteiger partial charge in [0.05, 0.1) is 17.7 Å². The molecule has 0 radical (unpaired) electrons. The number of imidazole rings is 1. The topological polar surface area (TPSA) is 136 Å². The van der Waals surface area contributed by atoms with Gasteiger partial charge in [0.2, 0.25) is 0 Å². The van der Waals surface area contributed by atoms with E-state index in [1.54, 1.807) is 12.5 Å². The number of hydrogen-bond acceptors (Lipinski definition) is 6. The molecule has 0 aliphatic heterocycles. The average molecular weight is 483 g/mol. The van der Waals surface area contributed by atoms with Crippen LogP contribution >= 0.6 is 0 Å². The fraction of sp³-hybridized carbons (Fsp3) is 0.481. The van der Waals surface area contributed by atoms with E-state index in [0.717, 1.165) is 28.3 Å². The number of hydrogen-bond donors (Lipinski definition) is 5. The minimum atomic E-state index is 0.397. The lowest BCUT2D eigenvalue weighted by atomic mass is 9.86. The van der Waals surface area contributed by atoms with Crippen molar-refractivity contribution in [1.82, 2.24) is 19.9 Å². The minimum Gasteiger partial charge on any atom is -0.403 e. The Morgan fingerprint density at radius 3 is 2.43 bits per heavy atom. The van der Waals surface area contributed by atoms with Gasteiger partial charge in [0.1, 0.15) is 5.69 Å². The molecule has 194 valence electrons. The van der Waals surface area contributed by atoms with Crippen molar-refractivity contribution in [3.63, 3.8) is 0 Å². The highest BCUT2D eigenvalue weighted by molar-refractivity contribution is 5.88. The Balaban J connectivity index is 0.000000343. The summed E-state index contributed by atoms with van der Waals surface area (Å²) < 4.78 is 1.84. The fourth-order valence-corrected chi connectivity index (χ4v) is 4.10. The molecular formula is C27H46N8. The summed E-state index contributed by atoms with van der Waals surface area (Å²) in [6.45, 7) is 8.52. The summed E-state index contributed by atoms with van der Waals surface area (Å²) in [5.74, 6) is 5.88. The highest BCUT2D eigenvalue weighted by Crippen LogP contribution is 2.27. The standard InChI is InChI=1S/C15H17N5.C8H16N2.C2H7N.C2H6/c1-10-3-2-4-11-7-12(19-14(10)11)15-13(8-17)20(6-5-16)9-18-15;1-7(10-9)8-5-3-2-4-6-8;1-3-2;1-2/h2-7,9,19H,8,16-17H2,1H3;8H,2-6,9H2,1H3;3H,1-2H3;1-2H3/b6-5-;10-7+;;. The van der Waals surface area contributed by atoms with Gasteiger partial charge in [0, 0.05) is 35.6 Å². The molecule has 8 heteroatoms. The number of H-pyrrole nitrogens is 1. The predicted octanol–water partition coefficient (Wildman–Crippen LogP) is 4.95. The van der Waals surface area contributed by atoms with Crippen LogP contribution in [0, 0.1) is 12.8 Å². The third-order valence-corrected chi connectivity index (χ3v) is 5.86. The number of nitrogens with zero attached hydrogens (tertiary/aromatic N) is 3. The maximum Gasteiger partial charge on any atom is 0.109 e. The van der Waals surface area contributed by atoms with Gasteiger partial charge in [-0.25, -0.2) is 4.98 Å². The van der Waals surface area contributed by atoms with E-state index < -0.39 is 0 Å². The monoisotopic (exact) mass is 482 g/mol. The van der Waals surface area contributed by atoms with Crippen molar-refractivity contribution in [2.45, 2.75) is 66.3 Å². The van der Waals surface area contributed by atoms with Crippen LogP contribution < -0.4 is 22.6 Å². The van der Waals surface area contributed by atoms with Gasteiger partial charge < -0.3 is 32.2 Å². The molecule has 1 fully saturated rings. The average Bonchev–Trinajstić information content (AvgIpc) is 3.51. The number of benzene rings is 1. The molecule has 1 saturated carbocycles. The van der Waals surface area contributed by atoms with Crippen LogP contribution in [-0.4, -0.2) is 34.3 Å². The second kappa shape index (κ2) is 16.5. The van der Waals surface area contributed by atoms with Crippen molar-refractivity contribution in [3.05, 3.63) is 48.1 Å². The Morgan fingerprint density at radius 1 is 1.23 bits per heavy atom. The van der Waals surface area contributed by atoms with Crippen LogP contribution in [0.2, 0.25) is 0 Å². The Kier molecular flexibility index (Phi) is 14.1. The minimum absolute atomic E-state index is 0.397. The number of aryl methyl sites for hydroxylation is 1. The molecular weight excluding hydrogens is 436 g/mol. The number of fused-ring (bicyclic) bond motifs is 1. The summed E-state index contributed by atoms with van der Waals surface area (Å²) in [6.07, 6.45) is 11.6. The number of aromatic amines is 1. The third kappa shape index (κ3) is 8.56. The van der Waals surface area contributed by atoms with Gasteiger partial charge >= 0.3 is 0 Å². The normalized spacial score (nSPS) is 14.0. The van der Waals surface area contributed by atoms with Crippen LogP contribution in [0.15, 0.2) is 41.9 Å². The Morgan fingerprint density at radius 2 is 1.89 bits per heavy atom. The van der Waals surface area contributed by atoms with Crippen molar-refractivity contribution in [2.75, 3.05) is 14.1 Å².